The Morgan fingerprint density at radius 1 is 1.40 bits per heavy atom. The van der Waals surface area contributed by atoms with E-state index in [1.165, 1.54) is 5.56 Å². The molecule has 4 heteroatoms. The van der Waals surface area contributed by atoms with Crippen LogP contribution in [0.5, 0.6) is 0 Å². The molecule has 0 bridgehead atoms. The van der Waals surface area contributed by atoms with E-state index in [-0.39, 0.29) is 30.3 Å². The number of carbonyl (C=O) groups is 1. The van der Waals surface area contributed by atoms with Gasteiger partial charge < -0.3 is 10.6 Å². The second-order valence-corrected chi connectivity index (χ2v) is 5.30. The van der Waals surface area contributed by atoms with E-state index in [4.69, 9.17) is 0 Å². The van der Waals surface area contributed by atoms with E-state index in [0.29, 0.717) is 0 Å². The fourth-order valence-corrected chi connectivity index (χ4v) is 2.66. The number of rotatable bonds is 5. The van der Waals surface area contributed by atoms with Crippen LogP contribution < -0.4 is 10.6 Å². The summed E-state index contributed by atoms with van der Waals surface area (Å²) < 4.78 is 0. The van der Waals surface area contributed by atoms with Crippen LogP contribution in [-0.2, 0) is 4.79 Å². The molecule has 1 aromatic rings. The van der Waals surface area contributed by atoms with Crippen molar-refractivity contribution in [1.29, 1.82) is 0 Å². The van der Waals surface area contributed by atoms with Gasteiger partial charge in [-0.2, -0.15) is 0 Å². The Labute approximate surface area is 127 Å². The molecule has 0 spiro atoms. The van der Waals surface area contributed by atoms with Gasteiger partial charge in [0.25, 0.3) is 0 Å². The van der Waals surface area contributed by atoms with Crippen molar-refractivity contribution in [2.75, 3.05) is 13.1 Å². The highest BCUT2D eigenvalue weighted by Gasteiger charge is 2.23. The maximum atomic E-state index is 12.3. The molecule has 0 saturated carbocycles. The number of halogens is 1. The number of nitrogens with one attached hydrogen (secondary N) is 2. The largest absolute Gasteiger partial charge is 0.349 e. The molecule has 1 saturated heterocycles. The van der Waals surface area contributed by atoms with Crippen molar-refractivity contribution >= 4 is 18.3 Å². The van der Waals surface area contributed by atoms with Crippen molar-refractivity contribution in [3.63, 3.8) is 0 Å². The molecule has 20 heavy (non-hydrogen) atoms. The van der Waals surface area contributed by atoms with E-state index in [0.717, 1.165) is 38.8 Å². The van der Waals surface area contributed by atoms with Crippen LogP contribution >= 0.6 is 12.4 Å². The first kappa shape index (κ1) is 17.0. The van der Waals surface area contributed by atoms with Crippen molar-refractivity contribution in [1.82, 2.24) is 10.6 Å². The van der Waals surface area contributed by atoms with Gasteiger partial charge in [0.1, 0.15) is 0 Å². The second kappa shape index (κ2) is 8.98. The molecule has 3 nitrogen and oxygen atoms in total. The number of carbonyl (C=O) groups excluding carboxylic acids is 1. The summed E-state index contributed by atoms with van der Waals surface area (Å²) in [6, 6.07) is 10.4. The molecule has 2 N–H and O–H groups in total. The normalized spacial score (nSPS) is 19.8. The number of piperidine rings is 1. The summed E-state index contributed by atoms with van der Waals surface area (Å²) in [5.74, 6) is 0.339. The first-order valence-electron chi connectivity index (χ1n) is 7.37. The molecule has 0 aromatic heterocycles. The predicted octanol–water partition coefficient (Wildman–Crippen LogP) is 3.07. The molecule has 1 aliphatic heterocycles. The SMILES string of the molecule is CCCC(NC(=O)C1CCCNC1)c1ccccc1.Cl. The molecule has 1 heterocycles. The molecule has 1 aromatic carbocycles. The van der Waals surface area contributed by atoms with Crippen LogP contribution in [0.1, 0.15) is 44.2 Å². The lowest BCUT2D eigenvalue weighted by Crippen LogP contribution is -2.41. The van der Waals surface area contributed by atoms with E-state index < -0.39 is 0 Å². The summed E-state index contributed by atoms with van der Waals surface area (Å²) in [7, 11) is 0. The van der Waals surface area contributed by atoms with Gasteiger partial charge in [0.05, 0.1) is 12.0 Å². The molecule has 1 amide bonds. The van der Waals surface area contributed by atoms with Gasteiger partial charge in [-0.05, 0) is 31.4 Å². The molecule has 2 unspecified atom stereocenters. The van der Waals surface area contributed by atoms with Crippen molar-refractivity contribution in [2.24, 2.45) is 5.92 Å². The van der Waals surface area contributed by atoms with Gasteiger partial charge in [0.2, 0.25) is 5.91 Å². The Morgan fingerprint density at radius 2 is 2.15 bits per heavy atom. The minimum absolute atomic E-state index is 0. The van der Waals surface area contributed by atoms with Crippen LogP contribution in [0.4, 0.5) is 0 Å². The summed E-state index contributed by atoms with van der Waals surface area (Å²) in [6.07, 6.45) is 4.17. The predicted molar refractivity (Wildman–Crippen MR) is 85.1 cm³/mol. The van der Waals surface area contributed by atoms with E-state index >= 15 is 0 Å². The number of hydrogen-bond acceptors (Lipinski definition) is 2. The van der Waals surface area contributed by atoms with Crippen molar-refractivity contribution in [3.05, 3.63) is 35.9 Å². The lowest BCUT2D eigenvalue weighted by Gasteiger charge is -2.25. The fourth-order valence-electron chi connectivity index (χ4n) is 2.66. The first-order chi connectivity index (χ1) is 9.31. The maximum absolute atomic E-state index is 12.3. The highest BCUT2D eigenvalue weighted by atomic mass is 35.5. The van der Waals surface area contributed by atoms with Gasteiger partial charge in [0, 0.05) is 6.54 Å². The van der Waals surface area contributed by atoms with E-state index in [1.807, 2.05) is 18.2 Å². The number of benzene rings is 1. The third kappa shape index (κ3) is 4.80. The van der Waals surface area contributed by atoms with Crippen LogP contribution in [0.3, 0.4) is 0 Å². The standard InChI is InChI=1S/C16H24N2O.ClH/c1-2-7-15(13-8-4-3-5-9-13)18-16(19)14-10-6-11-17-12-14;/h3-5,8-9,14-15,17H,2,6-7,10-12H2,1H3,(H,18,19);1H. The second-order valence-electron chi connectivity index (χ2n) is 5.30. The maximum Gasteiger partial charge on any atom is 0.224 e. The summed E-state index contributed by atoms with van der Waals surface area (Å²) in [5.41, 5.74) is 1.21. The molecule has 1 fully saturated rings. The van der Waals surface area contributed by atoms with Crippen LogP contribution in [0.2, 0.25) is 0 Å². The summed E-state index contributed by atoms with van der Waals surface area (Å²) in [5, 5.41) is 6.52. The van der Waals surface area contributed by atoms with Crippen molar-refractivity contribution < 1.29 is 4.79 Å². The third-order valence-corrected chi connectivity index (χ3v) is 3.76. The summed E-state index contributed by atoms with van der Waals surface area (Å²) in [6.45, 7) is 4.02. The smallest absolute Gasteiger partial charge is 0.224 e. The Hall–Kier alpha value is -1.06. The zero-order chi connectivity index (χ0) is 13.5. The van der Waals surface area contributed by atoms with Crippen LogP contribution in [-0.4, -0.2) is 19.0 Å². The van der Waals surface area contributed by atoms with E-state index in [2.05, 4.69) is 29.7 Å². The Kier molecular flexibility index (Phi) is 7.63. The molecule has 2 rings (SSSR count). The third-order valence-electron chi connectivity index (χ3n) is 3.76. The van der Waals surface area contributed by atoms with Gasteiger partial charge in [-0.25, -0.2) is 0 Å². The van der Waals surface area contributed by atoms with Crippen LogP contribution in [0.15, 0.2) is 30.3 Å². The molecule has 0 radical (unpaired) electrons. The first-order valence-corrected chi connectivity index (χ1v) is 7.37. The Morgan fingerprint density at radius 3 is 2.75 bits per heavy atom. The van der Waals surface area contributed by atoms with Gasteiger partial charge in [-0.3, -0.25) is 4.79 Å². The average molecular weight is 297 g/mol. The summed E-state index contributed by atoms with van der Waals surface area (Å²) in [4.78, 5) is 12.3. The summed E-state index contributed by atoms with van der Waals surface area (Å²) >= 11 is 0. The van der Waals surface area contributed by atoms with E-state index in [9.17, 15) is 4.79 Å². The van der Waals surface area contributed by atoms with Gasteiger partial charge in [0.15, 0.2) is 0 Å². The Bertz CT molecular complexity index is 391. The number of amides is 1. The molecular formula is C16H25ClN2O. The lowest BCUT2D eigenvalue weighted by molar-refractivity contribution is -0.126. The topological polar surface area (TPSA) is 41.1 Å². The van der Waals surface area contributed by atoms with Crippen molar-refractivity contribution in [2.45, 2.75) is 38.6 Å². The monoisotopic (exact) mass is 296 g/mol. The number of hydrogen-bond donors (Lipinski definition) is 2. The average Bonchev–Trinajstić information content (AvgIpc) is 2.48. The van der Waals surface area contributed by atoms with Gasteiger partial charge in [-0.15, -0.1) is 12.4 Å². The molecule has 1 aliphatic rings. The quantitative estimate of drug-likeness (QED) is 0.877. The highest BCUT2D eigenvalue weighted by Crippen LogP contribution is 2.20. The van der Waals surface area contributed by atoms with Gasteiger partial charge in [-0.1, -0.05) is 43.7 Å². The Balaban J connectivity index is 0.00000200. The zero-order valence-corrected chi connectivity index (χ0v) is 12.9. The van der Waals surface area contributed by atoms with Gasteiger partial charge >= 0.3 is 0 Å². The van der Waals surface area contributed by atoms with Crippen LogP contribution in [0.25, 0.3) is 0 Å². The van der Waals surface area contributed by atoms with Crippen LogP contribution in [0, 0.1) is 5.92 Å². The molecule has 2 atom stereocenters. The molecule has 112 valence electrons. The molecule has 0 aliphatic carbocycles. The minimum atomic E-state index is 0. The zero-order valence-electron chi connectivity index (χ0n) is 12.1. The minimum Gasteiger partial charge on any atom is -0.349 e. The van der Waals surface area contributed by atoms with E-state index in [1.54, 1.807) is 0 Å². The fraction of sp³-hybridized carbons (Fsp3) is 0.562. The lowest BCUT2D eigenvalue weighted by atomic mass is 9.96. The van der Waals surface area contributed by atoms with Crippen molar-refractivity contribution in [3.8, 4) is 0 Å². The highest BCUT2D eigenvalue weighted by molar-refractivity contribution is 5.85. The molecular weight excluding hydrogens is 272 g/mol.